The second kappa shape index (κ2) is 3.07. The smallest absolute Gasteiger partial charge is 0.133 e. The van der Waals surface area contributed by atoms with Crippen LogP contribution in [0.4, 0.5) is 0 Å². The van der Waals surface area contributed by atoms with Gasteiger partial charge in [-0.2, -0.15) is 0 Å². The molecule has 13 heavy (non-hydrogen) atoms. The zero-order chi connectivity index (χ0) is 9.42. The minimum absolute atomic E-state index is 0.144. The fraction of sp³-hybridized carbons (Fsp3) is 0.444. The predicted octanol–water partition coefficient (Wildman–Crippen LogP) is 1.74. The summed E-state index contributed by atoms with van der Waals surface area (Å²) in [6.45, 7) is 1.80. The molecule has 0 aliphatic heterocycles. The van der Waals surface area contributed by atoms with Gasteiger partial charge in [0.2, 0.25) is 0 Å². The van der Waals surface area contributed by atoms with Crippen molar-refractivity contribution in [1.82, 2.24) is 9.97 Å². The Bertz CT molecular complexity index is 333. The van der Waals surface area contributed by atoms with Crippen molar-refractivity contribution in [1.29, 1.82) is 0 Å². The third-order valence-electron chi connectivity index (χ3n) is 2.22. The van der Waals surface area contributed by atoms with Gasteiger partial charge in [-0.25, -0.2) is 9.97 Å². The largest absolute Gasteiger partial charge is 0.303 e. The fourth-order valence-corrected chi connectivity index (χ4v) is 1.68. The molecule has 1 saturated carbocycles. The summed E-state index contributed by atoms with van der Waals surface area (Å²) >= 11 is 5.77. The monoisotopic (exact) mass is 196 g/mol. The molecule has 1 fully saturated rings. The van der Waals surface area contributed by atoms with Crippen LogP contribution in [-0.4, -0.2) is 16.3 Å². The van der Waals surface area contributed by atoms with E-state index in [-0.39, 0.29) is 11.8 Å². The van der Waals surface area contributed by atoms with Crippen molar-refractivity contribution in [3.05, 3.63) is 22.7 Å². The molecule has 1 heterocycles. The highest BCUT2D eigenvalue weighted by Crippen LogP contribution is 2.45. The van der Waals surface area contributed by atoms with Gasteiger partial charge < -0.3 is 4.79 Å². The molecule has 0 bridgehead atoms. The van der Waals surface area contributed by atoms with E-state index in [0.29, 0.717) is 11.0 Å². The van der Waals surface area contributed by atoms with Crippen molar-refractivity contribution in [3.63, 3.8) is 0 Å². The van der Waals surface area contributed by atoms with Gasteiger partial charge in [0.1, 0.15) is 17.3 Å². The standard InChI is InChI=1S/C9H9ClN2O/c1-5-11-8(3-9(10)12-5)7-2-6(7)4-13/h3-4,6-7H,2H2,1H3/t6-,7-/m0/s1. The Morgan fingerprint density at radius 1 is 1.62 bits per heavy atom. The summed E-state index contributed by atoms with van der Waals surface area (Å²) < 4.78 is 0. The van der Waals surface area contributed by atoms with Crippen LogP contribution in [0.25, 0.3) is 0 Å². The number of carbonyl (C=O) groups excluding carboxylic acids is 1. The van der Waals surface area contributed by atoms with Crippen LogP contribution in [0.1, 0.15) is 23.9 Å². The maximum atomic E-state index is 10.4. The number of hydrogen-bond donors (Lipinski definition) is 0. The van der Waals surface area contributed by atoms with E-state index in [1.807, 2.05) is 0 Å². The lowest BCUT2D eigenvalue weighted by atomic mass is 10.2. The minimum atomic E-state index is 0.144. The van der Waals surface area contributed by atoms with Gasteiger partial charge in [-0.1, -0.05) is 11.6 Å². The summed E-state index contributed by atoms with van der Waals surface area (Å²) in [7, 11) is 0. The lowest BCUT2D eigenvalue weighted by Crippen LogP contribution is -1.95. The van der Waals surface area contributed by atoms with E-state index in [1.54, 1.807) is 13.0 Å². The summed E-state index contributed by atoms with van der Waals surface area (Å²) in [5.41, 5.74) is 0.898. The third kappa shape index (κ3) is 1.70. The maximum Gasteiger partial charge on any atom is 0.133 e. The van der Waals surface area contributed by atoms with E-state index >= 15 is 0 Å². The highest BCUT2D eigenvalue weighted by molar-refractivity contribution is 6.29. The second-order valence-corrected chi connectivity index (χ2v) is 3.69. The molecule has 2 rings (SSSR count). The van der Waals surface area contributed by atoms with Crippen molar-refractivity contribution >= 4 is 17.9 Å². The Hall–Kier alpha value is -0.960. The number of halogens is 1. The van der Waals surface area contributed by atoms with Crippen molar-refractivity contribution in [2.45, 2.75) is 19.3 Å². The molecule has 0 aromatic carbocycles. The second-order valence-electron chi connectivity index (χ2n) is 3.30. The van der Waals surface area contributed by atoms with Gasteiger partial charge in [0, 0.05) is 17.5 Å². The molecule has 1 aliphatic rings. The van der Waals surface area contributed by atoms with Gasteiger partial charge in [0.25, 0.3) is 0 Å². The van der Waals surface area contributed by atoms with Crippen LogP contribution in [0.5, 0.6) is 0 Å². The number of carbonyl (C=O) groups is 1. The molecule has 0 radical (unpaired) electrons. The first kappa shape index (κ1) is 8.63. The molecule has 68 valence electrons. The molecular weight excluding hydrogens is 188 g/mol. The Morgan fingerprint density at radius 2 is 2.38 bits per heavy atom. The average Bonchev–Trinajstić information content (AvgIpc) is 2.80. The van der Waals surface area contributed by atoms with E-state index in [0.717, 1.165) is 18.4 Å². The molecule has 1 aliphatic carbocycles. The molecule has 1 aromatic heterocycles. The summed E-state index contributed by atoms with van der Waals surface area (Å²) in [5.74, 6) is 1.08. The van der Waals surface area contributed by atoms with Gasteiger partial charge >= 0.3 is 0 Å². The Balaban J connectivity index is 2.26. The molecule has 0 unspecified atom stereocenters. The van der Waals surface area contributed by atoms with Gasteiger partial charge in [0.15, 0.2) is 0 Å². The normalized spacial score (nSPS) is 25.7. The van der Waals surface area contributed by atoms with Crippen molar-refractivity contribution in [2.75, 3.05) is 0 Å². The zero-order valence-electron chi connectivity index (χ0n) is 7.20. The first-order valence-corrected chi connectivity index (χ1v) is 4.55. The summed E-state index contributed by atoms with van der Waals surface area (Å²) in [4.78, 5) is 18.6. The first-order chi connectivity index (χ1) is 6.20. The number of rotatable bonds is 2. The van der Waals surface area contributed by atoms with Crippen LogP contribution >= 0.6 is 11.6 Å². The van der Waals surface area contributed by atoms with Crippen LogP contribution in [-0.2, 0) is 4.79 Å². The average molecular weight is 197 g/mol. The van der Waals surface area contributed by atoms with Crippen LogP contribution in [0.2, 0.25) is 5.15 Å². The van der Waals surface area contributed by atoms with Gasteiger partial charge in [-0.05, 0) is 19.4 Å². The van der Waals surface area contributed by atoms with Crippen molar-refractivity contribution < 1.29 is 4.79 Å². The molecular formula is C9H9ClN2O. The summed E-state index contributed by atoms with van der Waals surface area (Å²) in [6.07, 6.45) is 1.88. The first-order valence-electron chi connectivity index (χ1n) is 4.17. The molecule has 0 spiro atoms. The van der Waals surface area contributed by atoms with E-state index in [9.17, 15) is 4.79 Å². The van der Waals surface area contributed by atoms with E-state index < -0.39 is 0 Å². The van der Waals surface area contributed by atoms with Crippen molar-refractivity contribution in [3.8, 4) is 0 Å². The molecule has 0 N–H and O–H groups in total. The van der Waals surface area contributed by atoms with Crippen LogP contribution in [0.15, 0.2) is 6.07 Å². The van der Waals surface area contributed by atoms with Crippen LogP contribution in [0.3, 0.4) is 0 Å². The maximum absolute atomic E-state index is 10.4. The summed E-state index contributed by atoms with van der Waals surface area (Å²) in [6, 6.07) is 1.74. The molecule has 1 aromatic rings. The number of aromatic nitrogens is 2. The highest BCUT2D eigenvalue weighted by atomic mass is 35.5. The van der Waals surface area contributed by atoms with Crippen LogP contribution < -0.4 is 0 Å². The molecule has 3 nitrogen and oxygen atoms in total. The Labute approximate surface area is 81.2 Å². The third-order valence-corrected chi connectivity index (χ3v) is 2.41. The van der Waals surface area contributed by atoms with Crippen molar-refractivity contribution in [2.24, 2.45) is 5.92 Å². The lowest BCUT2D eigenvalue weighted by Gasteiger charge is -1.99. The molecule has 2 atom stereocenters. The number of nitrogens with zero attached hydrogens (tertiary/aromatic N) is 2. The van der Waals surface area contributed by atoms with Gasteiger partial charge in [-0.3, -0.25) is 0 Å². The van der Waals surface area contributed by atoms with E-state index in [2.05, 4.69) is 9.97 Å². The quantitative estimate of drug-likeness (QED) is 0.535. The molecule has 4 heteroatoms. The van der Waals surface area contributed by atoms with E-state index in [4.69, 9.17) is 11.6 Å². The topological polar surface area (TPSA) is 42.9 Å². The van der Waals surface area contributed by atoms with Gasteiger partial charge in [-0.15, -0.1) is 0 Å². The highest BCUT2D eigenvalue weighted by Gasteiger charge is 2.39. The minimum Gasteiger partial charge on any atom is -0.303 e. The Morgan fingerprint density at radius 3 is 2.92 bits per heavy atom. The number of aryl methyl sites for hydroxylation is 1. The number of aldehydes is 1. The molecule has 0 amide bonds. The molecule has 0 saturated heterocycles. The zero-order valence-corrected chi connectivity index (χ0v) is 7.95. The number of hydrogen-bond acceptors (Lipinski definition) is 3. The van der Waals surface area contributed by atoms with E-state index in [1.165, 1.54) is 0 Å². The SMILES string of the molecule is Cc1nc(Cl)cc([C@H]2C[C@H]2C=O)n1. The lowest BCUT2D eigenvalue weighted by molar-refractivity contribution is -0.108. The van der Waals surface area contributed by atoms with Crippen LogP contribution in [0, 0.1) is 12.8 Å². The van der Waals surface area contributed by atoms with Gasteiger partial charge in [0.05, 0.1) is 0 Å². The predicted molar refractivity (Wildman–Crippen MR) is 48.7 cm³/mol. The Kier molecular flexibility index (Phi) is 2.04. The fourth-order valence-electron chi connectivity index (χ4n) is 1.45. The summed E-state index contributed by atoms with van der Waals surface area (Å²) in [5, 5.41) is 0.457.